The van der Waals surface area contributed by atoms with Crippen molar-refractivity contribution in [3.63, 3.8) is 0 Å². The number of ether oxygens (including phenoxy) is 2. The van der Waals surface area contributed by atoms with Crippen LogP contribution in [0.5, 0.6) is 0 Å². The highest BCUT2D eigenvalue weighted by molar-refractivity contribution is 5.95. The largest absolute Gasteiger partial charge is 0.469 e. The third kappa shape index (κ3) is 3.48. The molecule has 0 bridgehead atoms. The monoisotopic (exact) mass is 469 g/mol. The van der Waals surface area contributed by atoms with E-state index in [0.29, 0.717) is 0 Å². The molecule has 1 heterocycles. The fourth-order valence-electron chi connectivity index (χ4n) is 5.89. The number of methoxy groups -OCH3 is 2. The average Bonchev–Trinajstić information content (AvgIpc) is 3.39. The molecule has 6 nitrogen and oxygen atoms in total. The van der Waals surface area contributed by atoms with Crippen molar-refractivity contribution in [2.45, 2.75) is 24.4 Å². The molecule has 0 amide bonds. The first kappa shape index (κ1) is 23.0. The number of Topliss-reactive ketones (excluding diaryl/α,β-unsaturated/α-hetero) is 1. The lowest BCUT2D eigenvalue weighted by Crippen LogP contribution is -2.53. The van der Waals surface area contributed by atoms with Crippen molar-refractivity contribution < 1.29 is 23.9 Å². The molecule has 0 aromatic heterocycles. The standard InChI is InChI=1S/C29H27NO5/c1-34-26(32)17-16-22-25(31)18-30(27(22)28(33)35-2)29(19-10-4-3-5-11-19)23-14-8-6-12-20(23)21-13-7-9-15-24(21)29/h3-15,22,27H,16-18H2,1-2H3/t22-,27-/m0/s1. The van der Waals surface area contributed by atoms with Crippen LogP contribution in [0.4, 0.5) is 0 Å². The summed E-state index contributed by atoms with van der Waals surface area (Å²) in [5.74, 6) is -1.65. The lowest BCUT2D eigenvalue weighted by atomic mass is 9.78. The summed E-state index contributed by atoms with van der Waals surface area (Å²) in [6.07, 6.45) is 0.274. The number of esters is 2. The van der Waals surface area contributed by atoms with Crippen molar-refractivity contribution in [3.05, 3.63) is 95.6 Å². The summed E-state index contributed by atoms with van der Waals surface area (Å²) in [4.78, 5) is 40.7. The number of carbonyl (C=O) groups is 3. The topological polar surface area (TPSA) is 72.9 Å². The Morgan fingerprint density at radius 3 is 2.00 bits per heavy atom. The number of hydrogen-bond acceptors (Lipinski definition) is 6. The normalized spacial score (nSPS) is 20.2. The van der Waals surface area contributed by atoms with Gasteiger partial charge in [-0.25, -0.2) is 0 Å². The number of carbonyl (C=O) groups excluding carboxylic acids is 3. The molecule has 3 aromatic rings. The summed E-state index contributed by atoms with van der Waals surface area (Å²) < 4.78 is 10.0. The van der Waals surface area contributed by atoms with Gasteiger partial charge in [0.15, 0.2) is 5.78 Å². The first-order chi connectivity index (χ1) is 17.0. The molecule has 1 saturated heterocycles. The second kappa shape index (κ2) is 9.12. The summed E-state index contributed by atoms with van der Waals surface area (Å²) in [6.45, 7) is 0.0587. The molecule has 35 heavy (non-hydrogen) atoms. The van der Waals surface area contributed by atoms with Crippen molar-refractivity contribution in [1.29, 1.82) is 0 Å². The zero-order chi connectivity index (χ0) is 24.6. The molecule has 0 N–H and O–H groups in total. The van der Waals surface area contributed by atoms with Gasteiger partial charge in [0.1, 0.15) is 6.04 Å². The van der Waals surface area contributed by atoms with E-state index in [0.717, 1.165) is 27.8 Å². The van der Waals surface area contributed by atoms with E-state index < -0.39 is 29.4 Å². The van der Waals surface area contributed by atoms with Crippen molar-refractivity contribution in [2.75, 3.05) is 20.8 Å². The smallest absolute Gasteiger partial charge is 0.323 e. The van der Waals surface area contributed by atoms with E-state index in [4.69, 9.17) is 9.47 Å². The number of likely N-dealkylation sites (tertiary alicyclic amines) is 1. The third-order valence-electron chi connectivity index (χ3n) is 7.33. The zero-order valence-corrected chi connectivity index (χ0v) is 19.8. The molecule has 178 valence electrons. The molecule has 1 aliphatic heterocycles. The summed E-state index contributed by atoms with van der Waals surface area (Å²) in [7, 11) is 2.66. The minimum Gasteiger partial charge on any atom is -0.469 e. The van der Waals surface area contributed by atoms with Crippen molar-refractivity contribution in [3.8, 4) is 11.1 Å². The lowest BCUT2D eigenvalue weighted by molar-refractivity contribution is -0.150. The van der Waals surface area contributed by atoms with Gasteiger partial charge in [-0.3, -0.25) is 19.3 Å². The van der Waals surface area contributed by atoms with E-state index >= 15 is 0 Å². The molecule has 0 radical (unpaired) electrons. The number of fused-ring (bicyclic) bond motifs is 3. The number of rotatable bonds is 6. The average molecular weight is 470 g/mol. The minimum absolute atomic E-state index is 0.0553. The van der Waals surface area contributed by atoms with Gasteiger partial charge in [-0.05, 0) is 34.2 Å². The highest BCUT2D eigenvalue weighted by Crippen LogP contribution is 2.56. The van der Waals surface area contributed by atoms with Crippen LogP contribution in [-0.2, 0) is 29.4 Å². The molecule has 2 aliphatic rings. The second-order valence-electron chi connectivity index (χ2n) is 8.95. The molecular weight excluding hydrogens is 442 g/mol. The summed E-state index contributed by atoms with van der Waals surface area (Å²) in [5.41, 5.74) is 4.27. The Hall–Kier alpha value is -3.77. The number of nitrogens with zero attached hydrogens (tertiary/aromatic N) is 1. The SMILES string of the molecule is COC(=O)CC[C@H]1C(=O)CN(C2(c3ccccc3)c3ccccc3-c3ccccc32)[C@@H]1C(=O)OC. The Labute approximate surface area is 204 Å². The van der Waals surface area contributed by atoms with Gasteiger partial charge in [-0.2, -0.15) is 0 Å². The fourth-order valence-corrected chi connectivity index (χ4v) is 5.89. The van der Waals surface area contributed by atoms with Crippen LogP contribution in [0.1, 0.15) is 29.5 Å². The summed E-state index contributed by atoms with van der Waals surface area (Å²) >= 11 is 0. The molecule has 0 spiro atoms. The number of hydrogen-bond donors (Lipinski definition) is 0. The summed E-state index contributed by atoms with van der Waals surface area (Å²) in [6, 6.07) is 25.4. The molecular formula is C29H27NO5. The van der Waals surface area contributed by atoms with Crippen molar-refractivity contribution in [1.82, 2.24) is 4.90 Å². The minimum atomic E-state index is -0.872. The highest BCUT2D eigenvalue weighted by Gasteiger charge is 2.58. The third-order valence-corrected chi connectivity index (χ3v) is 7.33. The van der Waals surface area contributed by atoms with E-state index in [1.165, 1.54) is 14.2 Å². The van der Waals surface area contributed by atoms with Crippen LogP contribution in [0, 0.1) is 5.92 Å². The molecule has 2 atom stereocenters. The predicted molar refractivity (Wildman–Crippen MR) is 130 cm³/mol. The number of ketones is 1. The van der Waals surface area contributed by atoms with Crippen molar-refractivity contribution >= 4 is 17.7 Å². The van der Waals surface area contributed by atoms with Crippen LogP contribution < -0.4 is 0 Å². The van der Waals surface area contributed by atoms with E-state index in [2.05, 4.69) is 24.3 Å². The second-order valence-corrected chi connectivity index (χ2v) is 8.95. The molecule has 5 rings (SSSR count). The van der Waals surface area contributed by atoms with Gasteiger partial charge in [-0.1, -0.05) is 78.9 Å². The van der Waals surface area contributed by atoms with Crippen LogP contribution in [0.3, 0.4) is 0 Å². The van der Waals surface area contributed by atoms with Gasteiger partial charge in [-0.15, -0.1) is 0 Å². The lowest BCUT2D eigenvalue weighted by Gasteiger charge is -2.44. The van der Waals surface area contributed by atoms with E-state index in [-0.39, 0.29) is 25.2 Å². The van der Waals surface area contributed by atoms with Crippen LogP contribution in [0.15, 0.2) is 78.9 Å². The van der Waals surface area contributed by atoms with Gasteiger partial charge in [0.25, 0.3) is 0 Å². The molecule has 1 fully saturated rings. The summed E-state index contributed by atoms with van der Waals surface area (Å²) in [5, 5.41) is 0. The maximum atomic E-state index is 13.5. The van der Waals surface area contributed by atoms with Crippen LogP contribution in [0.2, 0.25) is 0 Å². The van der Waals surface area contributed by atoms with E-state index in [9.17, 15) is 14.4 Å². The van der Waals surface area contributed by atoms with Gasteiger partial charge in [0.05, 0.1) is 26.3 Å². The van der Waals surface area contributed by atoms with Gasteiger partial charge >= 0.3 is 11.9 Å². The first-order valence-electron chi connectivity index (χ1n) is 11.7. The first-order valence-corrected chi connectivity index (χ1v) is 11.7. The molecule has 6 heteroatoms. The molecule has 1 aliphatic carbocycles. The van der Waals surface area contributed by atoms with Crippen LogP contribution in [-0.4, -0.2) is 49.4 Å². The molecule has 3 aromatic carbocycles. The van der Waals surface area contributed by atoms with E-state index in [1.807, 2.05) is 59.5 Å². The zero-order valence-electron chi connectivity index (χ0n) is 19.8. The fraction of sp³-hybridized carbons (Fsp3) is 0.276. The van der Waals surface area contributed by atoms with Gasteiger partial charge in [0, 0.05) is 12.3 Å². The Balaban J connectivity index is 1.76. The molecule has 0 saturated carbocycles. The van der Waals surface area contributed by atoms with E-state index in [1.54, 1.807) is 0 Å². The highest BCUT2D eigenvalue weighted by atomic mass is 16.5. The predicted octanol–water partition coefficient (Wildman–Crippen LogP) is 3.95. The Kier molecular flexibility index (Phi) is 5.99. The van der Waals surface area contributed by atoms with Gasteiger partial charge in [0.2, 0.25) is 0 Å². The Morgan fingerprint density at radius 1 is 0.857 bits per heavy atom. The molecule has 0 unspecified atom stereocenters. The number of benzene rings is 3. The van der Waals surface area contributed by atoms with Crippen LogP contribution in [0.25, 0.3) is 11.1 Å². The van der Waals surface area contributed by atoms with Crippen molar-refractivity contribution in [2.24, 2.45) is 5.92 Å². The Morgan fingerprint density at radius 2 is 1.43 bits per heavy atom. The Bertz CT molecular complexity index is 1240. The maximum Gasteiger partial charge on any atom is 0.323 e. The quantitative estimate of drug-likeness (QED) is 0.509. The van der Waals surface area contributed by atoms with Gasteiger partial charge < -0.3 is 9.47 Å². The van der Waals surface area contributed by atoms with Crippen LogP contribution >= 0.6 is 0 Å². The maximum absolute atomic E-state index is 13.5.